The molecule has 2 rings (SSSR count). The molecule has 0 bridgehead atoms. The van der Waals surface area contributed by atoms with Gasteiger partial charge in [0, 0.05) is 18.6 Å². The molecule has 0 saturated carbocycles. The Bertz CT molecular complexity index is 424. The van der Waals surface area contributed by atoms with Gasteiger partial charge in [-0.3, -0.25) is 0 Å². The number of hydrogen-bond donors (Lipinski definition) is 0. The molecule has 2 aromatic rings. The van der Waals surface area contributed by atoms with E-state index in [4.69, 9.17) is 0 Å². The molecule has 12 heavy (non-hydrogen) atoms. The summed E-state index contributed by atoms with van der Waals surface area (Å²) in [5.74, 6) is 0. The number of fused-ring (bicyclic) bond motifs is 1. The monoisotopic (exact) mass is 159 g/mol. The van der Waals surface area contributed by atoms with Gasteiger partial charge < -0.3 is 4.57 Å². The summed E-state index contributed by atoms with van der Waals surface area (Å²) in [6.45, 7) is 4.31. The molecule has 0 fully saturated rings. The lowest BCUT2D eigenvalue weighted by atomic mass is 10.1. The number of nitrogens with zero attached hydrogens (tertiary/aromatic N) is 1. The van der Waals surface area contributed by atoms with Crippen molar-refractivity contribution in [3.8, 4) is 0 Å². The Hall–Kier alpha value is -1.24. The fourth-order valence-corrected chi connectivity index (χ4v) is 1.76. The van der Waals surface area contributed by atoms with E-state index in [-0.39, 0.29) is 0 Å². The maximum absolute atomic E-state index is 2.18. The van der Waals surface area contributed by atoms with Crippen LogP contribution < -0.4 is 0 Å². The first-order valence-electron chi connectivity index (χ1n) is 4.21. The van der Waals surface area contributed by atoms with Gasteiger partial charge >= 0.3 is 0 Å². The minimum absolute atomic E-state index is 1.35. The average molecular weight is 159 g/mol. The highest BCUT2D eigenvalue weighted by Crippen LogP contribution is 2.21. The van der Waals surface area contributed by atoms with Crippen LogP contribution in [0.1, 0.15) is 11.1 Å². The zero-order chi connectivity index (χ0) is 8.72. The van der Waals surface area contributed by atoms with Gasteiger partial charge in [-0.2, -0.15) is 0 Å². The quantitative estimate of drug-likeness (QED) is 0.557. The van der Waals surface area contributed by atoms with Crippen LogP contribution in [-0.4, -0.2) is 4.57 Å². The van der Waals surface area contributed by atoms with Crippen molar-refractivity contribution in [2.75, 3.05) is 0 Å². The summed E-state index contributed by atoms with van der Waals surface area (Å²) >= 11 is 0. The third kappa shape index (κ3) is 0.860. The van der Waals surface area contributed by atoms with E-state index < -0.39 is 0 Å². The molecule has 0 aliphatic rings. The van der Waals surface area contributed by atoms with Gasteiger partial charge in [0.2, 0.25) is 0 Å². The van der Waals surface area contributed by atoms with E-state index in [1.165, 1.54) is 22.0 Å². The summed E-state index contributed by atoms with van der Waals surface area (Å²) in [7, 11) is 2.09. The van der Waals surface area contributed by atoms with E-state index in [2.05, 4.69) is 49.9 Å². The van der Waals surface area contributed by atoms with Gasteiger partial charge in [0.05, 0.1) is 5.52 Å². The molecule has 1 heteroatoms. The molecule has 1 aromatic carbocycles. The fourth-order valence-electron chi connectivity index (χ4n) is 1.76. The van der Waals surface area contributed by atoms with E-state index >= 15 is 0 Å². The highest BCUT2D eigenvalue weighted by atomic mass is 14.9. The summed E-state index contributed by atoms with van der Waals surface area (Å²) in [5, 5.41) is 1.37. The summed E-state index contributed by atoms with van der Waals surface area (Å²) in [5.41, 5.74) is 4.06. The molecular weight excluding hydrogens is 146 g/mol. The molecule has 1 heterocycles. The van der Waals surface area contributed by atoms with Crippen LogP contribution in [0, 0.1) is 13.8 Å². The van der Waals surface area contributed by atoms with Crippen LogP contribution >= 0.6 is 0 Å². The lowest BCUT2D eigenvalue weighted by Crippen LogP contribution is -1.87. The van der Waals surface area contributed by atoms with Crippen LogP contribution in [0.15, 0.2) is 24.4 Å². The summed E-state index contributed by atoms with van der Waals surface area (Å²) < 4.78 is 2.18. The Morgan fingerprint density at radius 1 is 1.00 bits per heavy atom. The van der Waals surface area contributed by atoms with E-state index in [0.29, 0.717) is 0 Å². The molecule has 0 saturated heterocycles. The second kappa shape index (κ2) is 2.37. The predicted octanol–water partition coefficient (Wildman–Crippen LogP) is 2.80. The van der Waals surface area contributed by atoms with Crippen LogP contribution in [0.25, 0.3) is 10.9 Å². The molecule has 1 aromatic heterocycles. The Morgan fingerprint density at radius 3 is 2.33 bits per heavy atom. The van der Waals surface area contributed by atoms with Gasteiger partial charge in [0.1, 0.15) is 0 Å². The molecule has 1 nitrogen and oxygen atoms in total. The Morgan fingerprint density at radius 2 is 1.67 bits per heavy atom. The third-order valence-corrected chi connectivity index (χ3v) is 2.45. The van der Waals surface area contributed by atoms with Gasteiger partial charge in [-0.15, -0.1) is 0 Å². The fraction of sp³-hybridized carbons (Fsp3) is 0.273. The van der Waals surface area contributed by atoms with Crippen molar-refractivity contribution in [3.05, 3.63) is 35.5 Å². The Labute approximate surface area is 72.6 Å². The van der Waals surface area contributed by atoms with E-state index in [1.54, 1.807) is 0 Å². The largest absolute Gasteiger partial charge is 0.350 e. The zero-order valence-corrected chi connectivity index (χ0v) is 7.76. The molecule has 0 aliphatic heterocycles. The second-order valence-electron chi connectivity index (χ2n) is 3.39. The van der Waals surface area contributed by atoms with Crippen LogP contribution in [0.3, 0.4) is 0 Å². The highest BCUT2D eigenvalue weighted by molar-refractivity contribution is 5.86. The van der Waals surface area contributed by atoms with Crippen LogP contribution in [-0.2, 0) is 7.05 Å². The highest BCUT2D eigenvalue weighted by Gasteiger charge is 2.02. The number of rotatable bonds is 0. The molecule has 0 radical (unpaired) electrons. The molecule has 0 unspecified atom stereocenters. The van der Waals surface area contributed by atoms with Crippen molar-refractivity contribution in [2.45, 2.75) is 13.8 Å². The lowest BCUT2D eigenvalue weighted by Gasteiger charge is -2.02. The first-order chi connectivity index (χ1) is 5.70. The van der Waals surface area contributed by atoms with E-state index in [9.17, 15) is 0 Å². The van der Waals surface area contributed by atoms with Crippen molar-refractivity contribution in [2.24, 2.45) is 7.05 Å². The molecule has 0 amide bonds. The lowest BCUT2D eigenvalue weighted by molar-refractivity contribution is 0.964. The maximum Gasteiger partial charge on any atom is 0.0510 e. The third-order valence-electron chi connectivity index (χ3n) is 2.45. The average Bonchev–Trinajstić information content (AvgIpc) is 2.42. The standard InChI is InChI=1S/C11H13N/c1-8-4-5-9(2)11-10(8)6-7-12(11)3/h4-7H,1-3H3. The number of aryl methyl sites for hydroxylation is 3. The van der Waals surface area contributed by atoms with Crippen molar-refractivity contribution < 1.29 is 0 Å². The van der Waals surface area contributed by atoms with Crippen LogP contribution in [0.5, 0.6) is 0 Å². The molecule has 0 N–H and O–H groups in total. The minimum Gasteiger partial charge on any atom is -0.350 e. The van der Waals surface area contributed by atoms with Gasteiger partial charge in [0.25, 0.3) is 0 Å². The maximum atomic E-state index is 2.18. The van der Waals surface area contributed by atoms with Gasteiger partial charge in [-0.05, 0) is 31.0 Å². The Balaban J connectivity index is 2.98. The number of benzene rings is 1. The van der Waals surface area contributed by atoms with Crippen LogP contribution in [0.2, 0.25) is 0 Å². The number of aromatic nitrogens is 1. The second-order valence-corrected chi connectivity index (χ2v) is 3.39. The minimum atomic E-state index is 1.35. The van der Waals surface area contributed by atoms with Gasteiger partial charge in [-0.25, -0.2) is 0 Å². The van der Waals surface area contributed by atoms with E-state index in [1.807, 2.05) is 0 Å². The number of hydrogen-bond acceptors (Lipinski definition) is 0. The SMILES string of the molecule is Cc1ccc(C)c2c1ccn2C. The van der Waals surface area contributed by atoms with Crippen molar-refractivity contribution in [1.29, 1.82) is 0 Å². The van der Waals surface area contributed by atoms with Gasteiger partial charge in [-0.1, -0.05) is 12.1 Å². The smallest absolute Gasteiger partial charge is 0.0510 e. The Kier molecular flexibility index (Phi) is 1.47. The van der Waals surface area contributed by atoms with Crippen molar-refractivity contribution in [3.63, 3.8) is 0 Å². The first-order valence-corrected chi connectivity index (χ1v) is 4.21. The van der Waals surface area contributed by atoms with Crippen molar-refractivity contribution >= 4 is 10.9 Å². The molecule has 62 valence electrons. The first kappa shape index (κ1) is 7.41. The summed E-state index contributed by atoms with van der Waals surface area (Å²) in [6.07, 6.45) is 2.12. The van der Waals surface area contributed by atoms with Crippen LogP contribution in [0.4, 0.5) is 0 Å². The molecule has 0 aliphatic carbocycles. The summed E-state index contributed by atoms with van der Waals surface area (Å²) in [6, 6.07) is 6.53. The van der Waals surface area contributed by atoms with Gasteiger partial charge in [0.15, 0.2) is 0 Å². The van der Waals surface area contributed by atoms with E-state index in [0.717, 1.165) is 0 Å². The zero-order valence-electron chi connectivity index (χ0n) is 7.76. The molecular formula is C11H13N. The van der Waals surface area contributed by atoms with Crippen molar-refractivity contribution in [1.82, 2.24) is 4.57 Å². The topological polar surface area (TPSA) is 4.93 Å². The summed E-state index contributed by atoms with van der Waals surface area (Å²) in [4.78, 5) is 0. The molecule has 0 atom stereocenters. The normalized spacial score (nSPS) is 10.9. The molecule has 0 spiro atoms. The predicted molar refractivity (Wildman–Crippen MR) is 52.4 cm³/mol.